The first-order chi connectivity index (χ1) is 7.11. The van der Waals surface area contributed by atoms with Crippen LogP contribution in [0.15, 0.2) is 12.7 Å². The van der Waals surface area contributed by atoms with Gasteiger partial charge in [0.15, 0.2) is 0 Å². The summed E-state index contributed by atoms with van der Waals surface area (Å²) in [5, 5.41) is 2.62. The second kappa shape index (κ2) is 8.03. The molecule has 0 atom stereocenters. The number of nitrogens with zero attached hydrogens (tertiary/aromatic N) is 1. The molecule has 0 aromatic rings. The van der Waals surface area contributed by atoms with Crippen LogP contribution in [0.2, 0.25) is 0 Å². The zero-order valence-electron chi connectivity index (χ0n) is 9.58. The van der Waals surface area contributed by atoms with Crippen LogP contribution in [0.25, 0.3) is 0 Å². The van der Waals surface area contributed by atoms with Gasteiger partial charge in [0.2, 0.25) is 11.8 Å². The van der Waals surface area contributed by atoms with Crippen LogP contribution in [0.1, 0.15) is 27.6 Å². The molecule has 2 amide bonds. The molecular weight excluding hydrogens is 192 g/mol. The molecule has 0 bridgehead atoms. The lowest BCUT2D eigenvalue weighted by atomic mass is 10.4. The Morgan fingerprint density at radius 3 is 2.67 bits per heavy atom. The highest BCUT2D eigenvalue weighted by molar-refractivity contribution is 5.86. The fourth-order valence-electron chi connectivity index (χ4n) is 1.10. The Morgan fingerprint density at radius 2 is 2.40 bits per heavy atom. The third-order valence-corrected chi connectivity index (χ3v) is 2.04. The maximum Gasteiger partial charge on any atom is 0.243 e. The van der Waals surface area contributed by atoms with E-state index in [4.69, 9.17) is 0 Å². The normalized spacial score (nSPS) is 14.3. The predicted molar refractivity (Wildman–Crippen MR) is 62.5 cm³/mol. The molecule has 0 aromatic heterocycles. The minimum Gasteiger partial charge on any atom is -0.353 e. The molecule has 88 valence electrons. The smallest absolute Gasteiger partial charge is 0.243 e. The summed E-state index contributed by atoms with van der Waals surface area (Å²) in [6, 6.07) is 0. The van der Waals surface area contributed by atoms with Crippen molar-refractivity contribution < 1.29 is 11.0 Å². The zero-order chi connectivity index (χ0) is 11.7. The standard InChI is InChI=1S/C6H11NO.C5H9NO.H2/c1-3-5-7-6(8)4-2;1-6-4-2-3-5(6)7;/h4H,2-3,5H2,1H3,(H,7,8);2-4H2,1H3;1H. The third kappa shape index (κ3) is 6.71. The minimum atomic E-state index is -0.0909. The first kappa shape index (κ1) is 13.7. The summed E-state index contributed by atoms with van der Waals surface area (Å²) in [6.45, 7) is 7.00. The molecule has 0 aromatic carbocycles. The Labute approximate surface area is 92.8 Å². The van der Waals surface area contributed by atoms with Crippen LogP contribution in [-0.2, 0) is 9.59 Å². The molecule has 4 nitrogen and oxygen atoms in total. The maximum absolute atomic E-state index is 10.5. The van der Waals surface area contributed by atoms with E-state index in [2.05, 4.69) is 11.9 Å². The van der Waals surface area contributed by atoms with E-state index in [1.165, 1.54) is 6.08 Å². The highest BCUT2D eigenvalue weighted by Gasteiger charge is 2.14. The van der Waals surface area contributed by atoms with E-state index in [0.29, 0.717) is 5.91 Å². The first-order valence-electron chi connectivity index (χ1n) is 5.26. The largest absolute Gasteiger partial charge is 0.353 e. The summed E-state index contributed by atoms with van der Waals surface area (Å²) in [5.74, 6) is 0.201. The van der Waals surface area contributed by atoms with E-state index in [0.717, 1.165) is 32.4 Å². The van der Waals surface area contributed by atoms with Crippen molar-refractivity contribution in [2.75, 3.05) is 20.1 Å². The molecule has 0 spiro atoms. The van der Waals surface area contributed by atoms with Crippen LogP contribution < -0.4 is 5.32 Å². The van der Waals surface area contributed by atoms with Gasteiger partial charge in [-0.05, 0) is 18.9 Å². The molecule has 1 aliphatic heterocycles. The van der Waals surface area contributed by atoms with Gasteiger partial charge in [-0.3, -0.25) is 9.59 Å². The SMILES string of the molecule is C=CC(=O)NCCC.CN1CCCC1=O.[HH]. The molecular formula is C11H22N2O2. The molecule has 4 heteroatoms. The van der Waals surface area contributed by atoms with Crippen molar-refractivity contribution >= 4 is 11.8 Å². The number of carbonyl (C=O) groups excluding carboxylic acids is 2. The van der Waals surface area contributed by atoms with Gasteiger partial charge in [0.25, 0.3) is 0 Å². The summed E-state index contributed by atoms with van der Waals surface area (Å²) in [7, 11) is 1.84. The lowest BCUT2D eigenvalue weighted by Crippen LogP contribution is -2.20. The van der Waals surface area contributed by atoms with E-state index >= 15 is 0 Å². The topological polar surface area (TPSA) is 49.4 Å². The summed E-state index contributed by atoms with van der Waals surface area (Å²) >= 11 is 0. The van der Waals surface area contributed by atoms with Crippen molar-refractivity contribution in [3.8, 4) is 0 Å². The Bertz CT molecular complexity index is 232. The number of amides is 2. The number of likely N-dealkylation sites (tertiary alicyclic amines) is 1. The molecule has 15 heavy (non-hydrogen) atoms. The zero-order valence-corrected chi connectivity index (χ0v) is 9.58. The summed E-state index contributed by atoms with van der Waals surface area (Å²) in [4.78, 5) is 22.6. The van der Waals surface area contributed by atoms with E-state index in [-0.39, 0.29) is 7.33 Å². The van der Waals surface area contributed by atoms with Gasteiger partial charge in [-0.2, -0.15) is 0 Å². The lowest BCUT2D eigenvalue weighted by Gasteiger charge is -2.03. The average molecular weight is 214 g/mol. The van der Waals surface area contributed by atoms with E-state index in [9.17, 15) is 9.59 Å². The van der Waals surface area contributed by atoms with Crippen molar-refractivity contribution in [3.05, 3.63) is 12.7 Å². The van der Waals surface area contributed by atoms with Crippen molar-refractivity contribution in [1.29, 1.82) is 0 Å². The Kier molecular flexibility index (Phi) is 7.32. The van der Waals surface area contributed by atoms with E-state index < -0.39 is 0 Å². The second-order valence-electron chi connectivity index (χ2n) is 3.41. The maximum atomic E-state index is 10.5. The van der Waals surface area contributed by atoms with Crippen molar-refractivity contribution in [2.45, 2.75) is 26.2 Å². The van der Waals surface area contributed by atoms with Crippen molar-refractivity contribution in [2.24, 2.45) is 0 Å². The second-order valence-corrected chi connectivity index (χ2v) is 3.41. The van der Waals surface area contributed by atoms with Crippen LogP contribution >= 0.6 is 0 Å². The highest BCUT2D eigenvalue weighted by atomic mass is 16.2. The number of rotatable bonds is 3. The molecule has 0 aliphatic carbocycles. The third-order valence-electron chi connectivity index (χ3n) is 2.04. The molecule has 1 fully saturated rings. The van der Waals surface area contributed by atoms with Gasteiger partial charge in [0, 0.05) is 28.0 Å². The first-order valence-corrected chi connectivity index (χ1v) is 5.26. The Balaban J connectivity index is 0. The fourth-order valence-corrected chi connectivity index (χ4v) is 1.10. The number of hydrogen-bond acceptors (Lipinski definition) is 2. The van der Waals surface area contributed by atoms with Crippen LogP contribution in [0.3, 0.4) is 0 Å². The number of hydrogen-bond donors (Lipinski definition) is 1. The van der Waals surface area contributed by atoms with Crippen LogP contribution in [-0.4, -0.2) is 36.9 Å². The predicted octanol–water partition coefficient (Wildman–Crippen LogP) is 1.18. The Hall–Kier alpha value is -1.32. The molecule has 1 saturated heterocycles. The summed E-state index contributed by atoms with van der Waals surface area (Å²) < 4.78 is 0. The van der Waals surface area contributed by atoms with Crippen molar-refractivity contribution in [3.63, 3.8) is 0 Å². The average Bonchev–Trinajstić information content (AvgIpc) is 2.61. The molecule has 1 aliphatic rings. The van der Waals surface area contributed by atoms with Gasteiger partial charge in [-0.15, -0.1) is 0 Å². The fraction of sp³-hybridized carbons (Fsp3) is 0.636. The number of nitrogens with one attached hydrogen (secondary N) is 1. The van der Waals surface area contributed by atoms with Gasteiger partial charge >= 0.3 is 0 Å². The quantitative estimate of drug-likeness (QED) is 0.717. The molecule has 0 radical (unpaired) electrons. The summed E-state index contributed by atoms with van der Waals surface area (Å²) in [5.41, 5.74) is 0. The summed E-state index contributed by atoms with van der Waals surface area (Å²) in [6.07, 6.45) is 4.06. The van der Waals surface area contributed by atoms with Crippen LogP contribution in [0.4, 0.5) is 0 Å². The van der Waals surface area contributed by atoms with E-state index in [1.54, 1.807) is 4.90 Å². The molecule has 1 heterocycles. The monoisotopic (exact) mass is 214 g/mol. The van der Waals surface area contributed by atoms with Gasteiger partial charge in [-0.1, -0.05) is 13.5 Å². The lowest BCUT2D eigenvalue weighted by molar-refractivity contribution is -0.126. The minimum absolute atomic E-state index is 0. The highest BCUT2D eigenvalue weighted by Crippen LogP contribution is 2.04. The molecule has 0 saturated carbocycles. The van der Waals surface area contributed by atoms with Gasteiger partial charge < -0.3 is 10.2 Å². The van der Waals surface area contributed by atoms with Crippen LogP contribution in [0, 0.1) is 0 Å². The molecule has 1 rings (SSSR count). The van der Waals surface area contributed by atoms with Gasteiger partial charge in [-0.25, -0.2) is 0 Å². The van der Waals surface area contributed by atoms with Gasteiger partial charge in [0.05, 0.1) is 0 Å². The van der Waals surface area contributed by atoms with Crippen LogP contribution in [0.5, 0.6) is 0 Å². The Morgan fingerprint density at radius 1 is 1.73 bits per heavy atom. The molecule has 0 unspecified atom stereocenters. The number of carbonyl (C=O) groups is 2. The van der Waals surface area contributed by atoms with Crippen molar-refractivity contribution in [1.82, 2.24) is 10.2 Å². The van der Waals surface area contributed by atoms with Gasteiger partial charge in [0.1, 0.15) is 0 Å². The molecule has 1 N–H and O–H groups in total. The van der Waals surface area contributed by atoms with E-state index in [1.807, 2.05) is 14.0 Å².